The maximum atomic E-state index is 12.2. The number of hydrogen-bond donors (Lipinski definition) is 0. The molecule has 0 saturated carbocycles. The van der Waals surface area contributed by atoms with E-state index in [0.29, 0.717) is 0 Å². The van der Waals surface area contributed by atoms with Gasteiger partial charge < -0.3 is 14.2 Å². The minimum absolute atomic E-state index is 0.464. The lowest BCUT2D eigenvalue weighted by molar-refractivity contribution is -0.168. The van der Waals surface area contributed by atoms with Gasteiger partial charge in [-0.1, -0.05) is 84.9 Å². The number of fused-ring (bicyclic) bond motifs is 5. The highest BCUT2D eigenvalue weighted by Gasteiger charge is 2.74. The summed E-state index contributed by atoms with van der Waals surface area (Å²) in [5.74, 6) is -0.927. The van der Waals surface area contributed by atoms with Gasteiger partial charge in [0.25, 0.3) is 0 Å². The van der Waals surface area contributed by atoms with Crippen molar-refractivity contribution in [1.82, 2.24) is 0 Å². The molecule has 2 aliphatic rings. The smallest absolute Gasteiger partial charge is 0.303 e. The van der Waals surface area contributed by atoms with Gasteiger partial charge in [0.1, 0.15) is 0 Å². The van der Waals surface area contributed by atoms with Crippen LogP contribution >= 0.6 is 0 Å². The lowest BCUT2D eigenvalue weighted by atomic mass is 9.68. The summed E-state index contributed by atoms with van der Waals surface area (Å²) in [7, 11) is 0. The summed E-state index contributed by atoms with van der Waals surface area (Å²) in [6.07, 6.45) is -1.71. The fourth-order valence-electron chi connectivity index (χ4n) is 5.12. The average Bonchev–Trinajstić information content (AvgIpc) is 3.24. The summed E-state index contributed by atoms with van der Waals surface area (Å²) in [4.78, 5) is 24.4. The zero-order valence-electron chi connectivity index (χ0n) is 17.3. The fourth-order valence-corrected chi connectivity index (χ4v) is 5.12. The van der Waals surface area contributed by atoms with Crippen LogP contribution in [0.25, 0.3) is 0 Å². The molecule has 3 aromatic rings. The maximum absolute atomic E-state index is 12.2. The van der Waals surface area contributed by atoms with Crippen LogP contribution in [0.5, 0.6) is 0 Å². The Morgan fingerprint density at radius 2 is 1.00 bits per heavy atom. The van der Waals surface area contributed by atoms with E-state index >= 15 is 0 Å². The zero-order chi connectivity index (χ0) is 21.6. The van der Waals surface area contributed by atoms with E-state index in [-0.39, 0.29) is 0 Å². The number of carbonyl (C=O) groups is 2. The Bertz CT molecular complexity index is 1050. The fraction of sp³-hybridized carbons (Fsp3) is 0.231. The van der Waals surface area contributed by atoms with Crippen molar-refractivity contribution in [3.63, 3.8) is 0 Å². The standard InChI is InChI=1S/C26H22O5/c1-17(27)29-23-24(30-18(2)28)26(20-13-7-4-8-14-20)22-16-10-9-15-21(22)25(23,31-26)19-11-5-3-6-12-19/h3-16,23-24H,1-2H3. The number of ether oxygens (including phenoxy) is 3. The van der Waals surface area contributed by atoms with E-state index < -0.39 is 35.3 Å². The molecule has 156 valence electrons. The molecular formula is C26H22O5. The molecule has 3 aromatic carbocycles. The Morgan fingerprint density at radius 1 is 0.645 bits per heavy atom. The Kier molecular flexibility index (Phi) is 4.45. The van der Waals surface area contributed by atoms with Crippen LogP contribution in [-0.2, 0) is 35.0 Å². The Balaban J connectivity index is 1.86. The molecule has 2 heterocycles. The van der Waals surface area contributed by atoms with Gasteiger partial charge in [-0.05, 0) is 22.3 Å². The van der Waals surface area contributed by atoms with Crippen molar-refractivity contribution in [3.05, 3.63) is 107 Å². The van der Waals surface area contributed by atoms with E-state index in [1.807, 2.05) is 84.9 Å². The molecule has 2 bridgehead atoms. The van der Waals surface area contributed by atoms with Crippen molar-refractivity contribution in [2.45, 2.75) is 37.3 Å². The molecule has 0 aliphatic carbocycles. The van der Waals surface area contributed by atoms with E-state index in [1.54, 1.807) is 0 Å². The number of hydrogen-bond acceptors (Lipinski definition) is 5. The van der Waals surface area contributed by atoms with Gasteiger partial charge in [0.2, 0.25) is 0 Å². The quantitative estimate of drug-likeness (QED) is 0.602. The van der Waals surface area contributed by atoms with Crippen molar-refractivity contribution in [2.75, 3.05) is 0 Å². The molecule has 0 N–H and O–H groups in total. The Hall–Kier alpha value is -3.44. The van der Waals surface area contributed by atoms with Gasteiger partial charge in [0, 0.05) is 13.8 Å². The van der Waals surface area contributed by atoms with E-state index in [9.17, 15) is 9.59 Å². The first kappa shape index (κ1) is 19.5. The molecule has 1 saturated heterocycles. The SMILES string of the molecule is CC(=O)OC1C(OC(C)=O)C2(c3ccccc3)OC1(c1ccccc1)c1ccccc12. The molecule has 31 heavy (non-hydrogen) atoms. The summed E-state index contributed by atoms with van der Waals surface area (Å²) in [5.41, 5.74) is 1.25. The van der Waals surface area contributed by atoms with Crippen molar-refractivity contribution < 1.29 is 23.8 Å². The Morgan fingerprint density at radius 3 is 1.35 bits per heavy atom. The minimum Gasteiger partial charge on any atom is -0.455 e. The first-order valence-corrected chi connectivity index (χ1v) is 10.3. The number of benzene rings is 3. The van der Waals surface area contributed by atoms with Crippen LogP contribution in [0, 0.1) is 0 Å². The van der Waals surface area contributed by atoms with Crippen LogP contribution in [-0.4, -0.2) is 24.1 Å². The first-order chi connectivity index (χ1) is 15.0. The highest BCUT2D eigenvalue weighted by atomic mass is 16.7. The summed E-state index contributed by atoms with van der Waals surface area (Å²) in [5, 5.41) is 0. The largest absolute Gasteiger partial charge is 0.455 e. The summed E-state index contributed by atoms with van der Waals surface area (Å²) in [6.45, 7) is 2.72. The van der Waals surface area contributed by atoms with Gasteiger partial charge in [-0.3, -0.25) is 9.59 Å². The van der Waals surface area contributed by atoms with Crippen LogP contribution in [0.2, 0.25) is 0 Å². The van der Waals surface area contributed by atoms with Crippen LogP contribution in [0.4, 0.5) is 0 Å². The normalized spacial score (nSPS) is 28.1. The zero-order valence-corrected chi connectivity index (χ0v) is 17.3. The second-order valence-electron chi connectivity index (χ2n) is 7.91. The van der Waals surface area contributed by atoms with Crippen molar-refractivity contribution in [3.8, 4) is 0 Å². The summed E-state index contributed by atoms with van der Waals surface area (Å²) in [6, 6.07) is 27.2. The number of esters is 2. The second-order valence-corrected chi connectivity index (χ2v) is 7.91. The Labute approximate surface area is 180 Å². The number of rotatable bonds is 4. The lowest BCUT2D eigenvalue weighted by Gasteiger charge is -2.39. The van der Waals surface area contributed by atoms with Gasteiger partial charge in [-0.25, -0.2) is 0 Å². The predicted octanol–water partition coefficient (Wildman–Crippen LogP) is 4.08. The van der Waals surface area contributed by atoms with Crippen LogP contribution in [0.3, 0.4) is 0 Å². The molecule has 0 radical (unpaired) electrons. The predicted molar refractivity (Wildman–Crippen MR) is 113 cm³/mol. The van der Waals surface area contributed by atoms with E-state index in [0.717, 1.165) is 22.3 Å². The molecule has 4 unspecified atom stereocenters. The van der Waals surface area contributed by atoms with E-state index in [1.165, 1.54) is 13.8 Å². The van der Waals surface area contributed by atoms with Crippen molar-refractivity contribution in [1.29, 1.82) is 0 Å². The molecule has 5 nitrogen and oxygen atoms in total. The maximum Gasteiger partial charge on any atom is 0.303 e. The van der Waals surface area contributed by atoms with E-state index in [4.69, 9.17) is 14.2 Å². The third kappa shape index (κ3) is 2.66. The highest BCUT2D eigenvalue weighted by molar-refractivity contribution is 5.70. The molecule has 2 aliphatic heterocycles. The van der Waals surface area contributed by atoms with Crippen LogP contribution < -0.4 is 0 Å². The van der Waals surface area contributed by atoms with E-state index in [2.05, 4.69) is 0 Å². The molecule has 0 spiro atoms. The lowest BCUT2D eigenvalue weighted by Crippen LogP contribution is -2.52. The van der Waals surface area contributed by atoms with Gasteiger partial charge >= 0.3 is 11.9 Å². The molecule has 5 heteroatoms. The minimum atomic E-state index is -1.11. The van der Waals surface area contributed by atoms with Crippen molar-refractivity contribution >= 4 is 11.9 Å². The third-order valence-electron chi connectivity index (χ3n) is 6.12. The van der Waals surface area contributed by atoms with Gasteiger partial charge in [0.15, 0.2) is 23.4 Å². The molecule has 0 aromatic heterocycles. The molecule has 5 rings (SSSR count). The number of carbonyl (C=O) groups excluding carboxylic acids is 2. The molecule has 0 amide bonds. The summed E-state index contributed by atoms with van der Waals surface area (Å²) < 4.78 is 18.7. The third-order valence-corrected chi connectivity index (χ3v) is 6.12. The average molecular weight is 414 g/mol. The molecule has 1 fully saturated rings. The van der Waals surface area contributed by atoms with Gasteiger partial charge in [-0.15, -0.1) is 0 Å². The first-order valence-electron chi connectivity index (χ1n) is 10.3. The van der Waals surface area contributed by atoms with Crippen LogP contribution in [0.15, 0.2) is 84.9 Å². The molecule has 4 atom stereocenters. The van der Waals surface area contributed by atoms with Gasteiger partial charge in [-0.2, -0.15) is 0 Å². The second kappa shape index (κ2) is 7.06. The summed E-state index contributed by atoms with van der Waals surface area (Å²) >= 11 is 0. The highest BCUT2D eigenvalue weighted by Crippen LogP contribution is 2.64. The van der Waals surface area contributed by atoms with Gasteiger partial charge in [0.05, 0.1) is 0 Å². The monoisotopic (exact) mass is 414 g/mol. The molecular weight excluding hydrogens is 392 g/mol. The van der Waals surface area contributed by atoms with Crippen LogP contribution in [0.1, 0.15) is 36.1 Å². The topological polar surface area (TPSA) is 61.8 Å². The van der Waals surface area contributed by atoms with Crippen molar-refractivity contribution in [2.24, 2.45) is 0 Å².